The molecule has 0 aliphatic rings. The number of rotatable bonds is 4. The molecule has 0 heterocycles. The van der Waals surface area contributed by atoms with Gasteiger partial charge in [-0.2, -0.15) is 0 Å². The number of hydrogen-bond donors (Lipinski definition) is 0. The maximum Gasteiger partial charge on any atom is 0.120 e. The number of carbonyl (C=O) groups excluding carboxylic acids is 1. The van der Waals surface area contributed by atoms with E-state index in [0.29, 0.717) is 12.8 Å². The minimum absolute atomic E-state index is 0.492. The molecule has 14 heavy (non-hydrogen) atoms. The lowest BCUT2D eigenvalue weighted by atomic mass is 10.1. The van der Waals surface area contributed by atoms with Crippen molar-refractivity contribution in [2.45, 2.75) is 19.8 Å². The van der Waals surface area contributed by atoms with Crippen molar-refractivity contribution in [3.8, 4) is 5.75 Å². The molecule has 0 saturated heterocycles. The van der Waals surface area contributed by atoms with Gasteiger partial charge in [0, 0.05) is 11.4 Å². The zero-order valence-corrected chi connectivity index (χ0v) is 9.10. The Morgan fingerprint density at radius 3 is 2.79 bits per heavy atom. The number of methoxy groups -OCH3 is 1. The van der Waals surface area contributed by atoms with Crippen LogP contribution >= 0.6 is 11.6 Å². The van der Waals surface area contributed by atoms with E-state index >= 15 is 0 Å². The van der Waals surface area contributed by atoms with Gasteiger partial charge in [0.05, 0.1) is 7.11 Å². The lowest BCUT2D eigenvalue weighted by Gasteiger charge is -2.08. The van der Waals surface area contributed by atoms with Crippen molar-refractivity contribution >= 4 is 17.9 Å². The van der Waals surface area contributed by atoms with Gasteiger partial charge in [-0.3, -0.25) is 0 Å². The third-order valence-electron chi connectivity index (χ3n) is 2.07. The topological polar surface area (TPSA) is 26.3 Å². The maximum atomic E-state index is 10.3. The fourth-order valence-electron chi connectivity index (χ4n) is 1.32. The molecule has 0 spiro atoms. The molecule has 0 bridgehead atoms. The number of ether oxygens (including phenoxy) is 1. The van der Waals surface area contributed by atoms with Crippen molar-refractivity contribution in [1.82, 2.24) is 0 Å². The summed E-state index contributed by atoms with van der Waals surface area (Å²) in [6.07, 6.45) is 2.05. The largest absolute Gasteiger partial charge is 0.497 e. The lowest BCUT2D eigenvalue weighted by Crippen LogP contribution is -1.93. The highest BCUT2D eigenvalue weighted by Crippen LogP contribution is 2.27. The number of aldehydes is 1. The average molecular weight is 213 g/mol. The molecule has 0 N–H and O–H groups in total. The molecule has 0 radical (unpaired) electrons. The molecule has 1 rings (SSSR count). The van der Waals surface area contributed by atoms with Crippen molar-refractivity contribution in [1.29, 1.82) is 0 Å². The van der Waals surface area contributed by atoms with Gasteiger partial charge in [-0.05, 0) is 36.6 Å². The first-order valence-corrected chi connectivity index (χ1v) is 4.83. The van der Waals surface area contributed by atoms with Crippen LogP contribution < -0.4 is 4.74 Å². The van der Waals surface area contributed by atoms with Gasteiger partial charge in [0.25, 0.3) is 0 Å². The van der Waals surface area contributed by atoms with Crippen molar-refractivity contribution in [2.24, 2.45) is 0 Å². The summed E-state index contributed by atoms with van der Waals surface area (Å²) in [4.78, 5) is 10.3. The Morgan fingerprint density at radius 2 is 2.21 bits per heavy atom. The van der Waals surface area contributed by atoms with Gasteiger partial charge in [0.15, 0.2) is 0 Å². The summed E-state index contributed by atoms with van der Waals surface area (Å²) in [6, 6.07) is 3.76. The molecule has 0 atom stereocenters. The van der Waals surface area contributed by atoms with Crippen molar-refractivity contribution in [3.63, 3.8) is 0 Å². The summed E-state index contributed by atoms with van der Waals surface area (Å²) in [5, 5.41) is 0.729. The molecule has 1 aromatic rings. The molecule has 2 nitrogen and oxygen atoms in total. The fraction of sp³-hybridized carbons (Fsp3) is 0.364. The summed E-state index contributed by atoms with van der Waals surface area (Å²) in [6.45, 7) is 1.93. The molecule has 0 aliphatic heterocycles. The summed E-state index contributed by atoms with van der Waals surface area (Å²) < 4.78 is 5.12. The first-order valence-electron chi connectivity index (χ1n) is 4.45. The Bertz CT molecular complexity index is 334. The van der Waals surface area contributed by atoms with E-state index < -0.39 is 0 Å². The molecule has 0 saturated carbocycles. The van der Waals surface area contributed by atoms with Crippen molar-refractivity contribution in [3.05, 3.63) is 28.3 Å². The van der Waals surface area contributed by atoms with Crippen LogP contribution in [0.3, 0.4) is 0 Å². The van der Waals surface area contributed by atoms with E-state index in [4.69, 9.17) is 16.3 Å². The third kappa shape index (κ3) is 2.48. The average Bonchev–Trinajstić information content (AvgIpc) is 2.20. The maximum absolute atomic E-state index is 10.3. The standard InChI is InChI=1S/C11H13ClO2/c1-8-6-10(14-2)7-9(11(8)12)4-3-5-13/h5-7H,3-4H2,1-2H3. The van der Waals surface area contributed by atoms with Crippen LogP contribution in [-0.4, -0.2) is 13.4 Å². The van der Waals surface area contributed by atoms with Crippen LogP contribution in [0, 0.1) is 6.92 Å². The van der Waals surface area contributed by atoms with E-state index in [1.54, 1.807) is 7.11 Å². The Labute approximate surface area is 88.8 Å². The first-order chi connectivity index (χ1) is 6.69. The van der Waals surface area contributed by atoms with Crippen LogP contribution in [0.4, 0.5) is 0 Å². The second kappa shape index (κ2) is 5.01. The van der Waals surface area contributed by atoms with Gasteiger partial charge in [-0.25, -0.2) is 0 Å². The molecule has 3 heteroatoms. The van der Waals surface area contributed by atoms with Gasteiger partial charge in [-0.15, -0.1) is 0 Å². The number of carbonyl (C=O) groups is 1. The van der Waals surface area contributed by atoms with Gasteiger partial charge in [0.2, 0.25) is 0 Å². The van der Waals surface area contributed by atoms with Crippen LogP contribution in [0.15, 0.2) is 12.1 Å². The molecule has 0 fully saturated rings. The van der Waals surface area contributed by atoms with Crippen molar-refractivity contribution in [2.75, 3.05) is 7.11 Å². The SMILES string of the molecule is COc1cc(C)c(Cl)c(CCC=O)c1. The summed E-state index contributed by atoms with van der Waals surface area (Å²) in [5.74, 6) is 0.785. The summed E-state index contributed by atoms with van der Waals surface area (Å²) in [5.41, 5.74) is 1.95. The van der Waals surface area contributed by atoms with Gasteiger partial charge >= 0.3 is 0 Å². The minimum Gasteiger partial charge on any atom is -0.497 e. The molecule has 1 aromatic carbocycles. The van der Waals surface area contributed by atoms with E-state index in [-0.39, 0.29) is 0 Å². The predicted octanol–water partition coefficient (Wildman–Crippen LogP) is 2.79. The number of halogens is 1. The Balaban J connectivity index is 3.00. The summed E-state index contributed by atoms with van der Waals surface area (Å²) >= 11 is 6.09. The van der Waals surface area contributed by atoms with E-state index in [0.717, 1.165) is 28.2 Å². The lowest BCUT2D eigenvalue weighted by molar-refractivity contribution is -0.107. The molecule has 0 unspecified atom stereocenters. The fourth-order valence-corrected chi connectivity index (χ4v) is 1.52. The smallest absolute Gasteiger partial charge is 0.120 e. The second-order valence-electron chi connectivity index (χ2n) is 3.12. The van der Waals surface area contributed by atoms with E-state index in [2.05, 4.69) is 0 Å². The van der Waals surface area contributed by atoms with Crippen LogP contribution in [0.2, 0.25) is 5.02 Å². The second-order valence-corrected chi connectivity index (χ2v) is 3.50. The van der Waals surface area contributed by atoms with Crippen LogP contribution in [0.25, 0.3) is 0 Å². The summed E-state index contributed by atoms with van der Waals surface area (Å²) in [7, 11) is 1.62. The number of hydrogen-bond acceptors (Lipinski definition) is 2. The quantitative estimate of drug-likeness (QED) is 0.718. The zero-order chi connectivity index (χ0) is 10.6. The molecular weight excluding hydrogens is 200 g/mol. The highest BCUT2D eigenvalue weighted by Gasteiger charge is 2.06. The Kier molecular flexibility index (Phi) is 3.96. The highest BCUT2D eigenvalue weighted by atomic mass is 35.5. The van der Waals surface area contributed by atoms with E-state index in [9.17, 15) is 4.79 Å². The Morgan fingerprint density at radius 1 is 1.50 bits per heavy atom. The van der Waals surface area contributed by atoms with Crippen molar-refractivity contribution < 1.29 is 9.53 Å². The molecule has 0 aliphatic carbocycles. The predicted molar refractivity (Wildman–Crippen MR) is 57.1 cm³/mol. The van der Waals surface area contributed by atoms with Crippen LogP contribution in [0.1, 0.15) is 17.5 Å². The number of aryl methyl sites for hydroxylation is 2. The normalized spacial score (nSPS) is 9.93. The van der Waals surface area contributed by atoms with Gasteiger partial charge < -0.3 is 9.53 Å². The zero-order valence-electron chi connectivity index (χ0n) is 8.34. The molecule has 0 aromatic heterocycles. The van der Waals surface area contributed by atoms with Crippen LogP contribution in [-0.2, 0) is 11.2 Å². The molecule has 0 amide bonds. The van der Waals surface area contributed by atoms with Gasteiger partial charge in [0.1, 0.15) is 12.0 Å². The molecular formula is C11H13ClO2. The van der Waals surface area contributed by atoms with Crippen LogP contribution in [0.5, 0.6) is 5.75 Å². The van der Waals surface area contributed by atoms with E-state index in [1.807, 2.05) is 19.1 Å². The minimum atomic E-state index is 0.492. The van der Waals surface area contributed by atoms with E-state index in [1.165, 1.54) is 0 Å². The monoisotopic (exact) mass is 212 g/mol. The first kappa shape index (κ1) is 11.1. The Hall–Kier alpha value is -1.02. The third-order valence-corrected chi connectivity index (χ3v) is 2.61. The van der Waals surface area contributed by atoms with Gasteiger partial charge in [-0.1, -0.05) is 11.6 Å². The molecule has 76 valence electrons. The number of benzene rings is 1. The highest BCUT2D eigenvalue weighted by molar-refractivity contribution is 6.32.